The molecule has 2 aromatic heterocycles. The fourth-order valence-corrected chi connectivity index (χ4v) is 3.37. The summed E-state index contributed by atoms with van der Waals surface area (Å²) in [6, 6.07) is 0. The van der Waals surface area contributed by atoms with Crippen molar-refractivity contribution in [2.24, 2.45) is 0 Å². The Kier molecular flexibility index (Phi) is 5.65. The maximum Gasteiger partial charge on any atom is 0.194 e. The molecule has 0 aromatic carbocycles. The van der Waals surface area contributed by atoms with Gasteiger partial charge in [0.15, 0.2) is 4.96 Å². The Morgan fingerprint density at radius 2 is 2.47 bits per heavy atom. The van der Waals surface area contributed by atoms with E-state index in [1.165, 1.54) is 0 Å². The van der Waals surface area contributed by atoms with Crippen molar-refractivity contribution in [2.75, 3.05) is 26.9 Å². The average molecular weight is 301 g/mol. The Morgan fingerprint density at radius 1 is 1.63 bits per heavy atom. The van der Waals surface area contributed by atoms with Crippen molar-refractivity contribution in [3.05, 3.63) is 17.3 Å². The second-order valence-corrected chi connectivity index (χ2v) is 6.50. The molecular formula is C12H19N3O2S2. The Morgan fingerprint density at radius 3 is 3.21 bits per heavy atom. The van der Waals surface area contributed by atoms with E-state index in [0.717, 1.165) is 28.8 Å². The number of aliphatic hydroxyl groups is 1. The zero-order chi connectivity index (χ0) is 13.7. The molecule has 0 saturated heterocycles. The van der Waals surface area contributed by atoms with Crippen molar-refractivity contribution in [3.63, 3.8) is 0 Å². The van der Waals surface area contributed by atoms with E-state index in [1.807, 2.05) is 18.5 Å². The van der Waals surface area contributed by atoms with E-state index in [0.29, 0.717) is 6.61 Å². The van der Waals surface area contributed by atoms with Gasteiger partial charge >= 0.3 is 0 Å². The highest BCUT2D eigenvalue weighted by atomic mass is 32.2. The van der Waals surface area contributed by atoms with Gasteiger partial charge in [-0.2, -0.15) is 0 Å². The summed E-state index contributed by atoms with van der Waals surface area (Å²) in [6.07, 6.45) is 2.04. The summed E-state index contributed by atoms with van der Waals surface area (Å²) in [5, 5.41) is 15.7. The van der Waals surface area contributed by atoms with Crippen molar-refractivity contribution in [2.45, 2.75) is 23.7 Å². The lowest BCUT2D eigenvalue weighted by Crippen LogP contribution is -2.20. The molecule has 19 heavy (non-hydrogen) atoms. The predicted octanol–water partition coefficient (Wildman–Crippen LogP) is 1.60. The fraction of sp³-hybridized carbons (Fsp3) is 0.583. The van der Waals surface area contributed by atoms with Crippen LogP contribution in [0.5, 0.6) is 0 Å². The number of thioether (sulfide) groups is 1. The lowest BCUT2D eigenvalue weighted by molar-refractivity contribution is 0.199. The SMILES string of the molecule is COCCNCc1c(SC(C)CO)nc2sccn12. The first-order valence-corrected chi connectivity index (χ1v) is 7.93. The monoisotopic (exact) mass is 301 g/mol. The normalized spacial score (nSPS) is 13.2. The van der Waals surface area contributed by atoms with Crippen LogP contribution in [-0.2, 0) is 11.3 Å². The number of fused-ring (bicyclic) bond motifs is 1. The third kappa shape index (κ3) is 3.70. The van der Waals surface area contributed by atoms with Crippen LogP contribution in [0.4, 0.5) is 0 Å². The van der Waals surface area contributed by atoms with Crippen molar-refractivity contribution in [1.29, 1.82) is 0 Å². The standard InChI is InChI=1S/C12H19N3O2S2/c1-9(8-16)19-11-10(7-13-3-5-17-2)15-4-6-18-12(15)14-11/h4,6,9,13,16H,3,5,7-8H2,1-2H3. The highest BCUT2D eigenvalue weighted by Gasteiger charge is 2.15. The van der Waals surface area contributed by atoms with Crippen LogP contribution in [0, 0.1) is 0 Å². The molecule has 0 fully saturated rings. The van der Waals surface area contributed by atoms with Crippen molar-refractivity contribution in [3.8, 4) is 0 Å². The molecule has 0 amide bonds. The molecule has 2 aromatic rings. The largest absolute Gasteiger partial charge is 0.395 e. The first kappa shape index (κ1) is 14.8. The summed E-state index contributed by atoms with van der Waals surface area (Å²) in [5.41, 5.74) is 1.15. The smallest absolute Gasteiger partial charge is 0.194 e. The van der Waals surface area contributed by atoms with Gasteiger partial charge in [-0.1, -0.05) is 18.7 Å². The first-order valence-electron chi connectivity index (χ1n) is 6.18. The second kappa shape index (κ2) is 7.25. The molecule has 0 aliphatic heterocycles. The molecule has 5 nitrogen and oxygen atoms in total. The summed E-state index contributed by atoms with van der Waals surface area (Å²) in [6.45, 7) is 4.42. The first-order chi connectivity index (χ1) is 9.26. The quantitative estimate of drug-likeness (QED) is 0.573. The second-order valence-electron chi connectivity index (χ2n) is 4.20. The molecule has 0 spiro atoms. The zero-order valence-corrected chi connectivity index (χ0v) is 12.8. The molecule has 0 aliphatic carbocycles. The molecule has 7 heteroatoms. The highest BCUT2D eigenvalue weighted by Crippen LogP contribution is 2.28. The molecular weight excluding hydrogens is 282 g/mol. The van der Waals surface area contributed by atoms with E-state index < -0.39 is 0 Å². The molecule has 0 radical (unpaired) electrons. The van der Waals surface area contributed by atoms with E-state index in [1.54, 1.807) is 30.2 Å². The Balaban J connectivity index is 2.12. The van der Waals surface area contributed by atoms with Gasteiger partial charge in [0.1, 0.15) is 5.03 Å². The molecule has 1 unspecified atom stereocenters. The summed E-state index contributed by atoms with van der Waals surface area (Å²) in [7, 11) is 1.70. The molecule has 2 N–H and O–H groups in total. The van der Waals surface area contributed by atoms with Gasteiger partial charge in [-0.25, -0.2) is 4.98 Å². The van der Waals surface area contributed by atoms with Crippen LogP contribution in [0.1, 0.15) is 12.6 Å². The zero-order valence-electron chi connectivity index (χ0n) is 11.1. The minimum atomic E-state index is 0.155. The van der Waals surface area contributed by atoms with Gasteiger partial charge < -0.3 is 15.2 Å². The minimum absolute atomic E-state index is 0.155. The van der Waals surface area contributed by atoms with Crippen LogP contribution in [-0.4, -0.2) is 46.6 Å². The fourth-order valence-electron chi connectivity index (χ4n) is 1.68. The van der Waals surface area contributed by atoms with Crippen LogP contribution >= 0.6 is 23.1 Å². The Labute approximate surface area is 121 Å². The number of ether oxygens (including phenoxy) is 1. The maximum atomic E-state index is 9.17. The van der Waals surface area contributed by atoms with E-state index >= 15 is 0 Å². The van der Waals surface area contributed by atoms with Gasteiger partial charge in [-0.15, -0.1) is 11.3 Å². The van der Waals surface area contributed by atoms with E-state index in [4.69, 9.17) is 4.74 Å². The molecule has 106 valence electrons. The Hall–Kier alpha value is -0.600. The van der Waals surface area contributed by atoms with Gasteiger partial charge in [0.25, 0.3) is 0 Å². The predicted molar refractivity (Wildman–Crippen MR) is 79.1 cm³/mol. The number of hydrogen-bond acceptors (Lipinski definition) is 6. The number of aliphatic hydroxyl groups excluding tert-OH is 1. The topological polar surface area (TPSA) is 58.8 Å². The van der Waals surface area contributed by atoms with Crippen LogP contribution < -0.4 is 5.32 Å². The third-order valence-corrected chi connectivity index (χ3v) is 4.53. The number of nitrogens with zero attached hydrogens (tertiary/aromatic N) is 2. The number of imidazole rings is 1. The van der Waals surface area contributed by atoms with Crippen molar-refractivity contribution < 1.29 is 9.84 Å². The minimum Gasteiger partial charge on any atom is -0.395 e. The highest BCUT2D eigenvalue weighted by molar-refractivity contribution is 7.99. The number of thiazole rings is 1. The molecule has 1 atom stereocenters. The Bertz CT molecular complexity index is 512. The van der Waals surface area contributed by atoms with Crippen LogP contribution in [0.3, 0.4) is 0 Å². The van der Waals surface area contributed by atoms with Gasteiger partial charge in [0.2, 0.25) is 0 Å². The summed E-state index contributed by atoms with van der Waals surface area (Å²) < 4.78 is 7.13. The van der Waals surface area contributed by atoms with Crippen LogP contribution in [0.15, 0.2) is 16.6 Å². The number of aromatic nitrogens is 2. The van der Waals surface area contributed by atoms with Gasteiger partial charge in [-0.05, 0) is 0 Å². The third-order valence-electron chi connectivity index (χ3n) is 2.67. The van der Waals surface area contributed by atoms with E-state index in [-0.39, 0.29) is 11.9 Å². The van der Waals surface area contributed by atoms with Gasteiger partial charge in [0, 0.05) is 37.0 Å². The molecule has 0 saturated carbocycles. The van der Waals surface area contributed by atoms with Crippen LogP contribution in [0.25, 0.3) is 4.96 Å². The number of nitrogens with one attached hydrogen (secondary N) is 1. The number of methoxy groups -OCH3 is 1. The summed E-state index contributed by atoms with van der Waals surface area (Å²) in [4.78, 5) is 5.62. The number of rotatable bonds is 8. The van der Waals surface area contributed by atoms with Gasteiger partial charge in [-0.3, -0.25) is 4.40 Å². The number of hydrogen-bond donors (Lipinski definition) is 2. The summed E-state index contributed by atoms with van der Waals surface area (Å²) >= 11 is 3.24. The molecule has 0 bridgehead atoms. The molecule has 0 aliphatic rings. The average Bonchev–Trinajstić information content (AvgIpc) is 2.96. The lowest BCUT2D eigenvalue weighted by Gasteiger charge is -2.08. The molecule has 2 rings (SSSR count). The van der Waals surface area contributed by atoms with Crippen molar-refractivity contribution >= 4 is 28.1 Å². The summed E-state index contributed by atoms with van der Waals surface area (Å²) in [5.74, 6) is 0. The maximum absolute atomic E-state index is 9.17. The van der Waals surface area contributed by atoms with E-state index in [9.17, 15) is 5.11 Å². The van der Waals surface area contributed by atoms with E-state index in [2.05, 4.69) is 14.7 Å². The van der Waals surface area contributed by atoms with Gasteiger partial charge in [0.05, 0.1) is 18.9 Å². The molecule has 2 heterocycles. The van der Waals surface area contributed by atoms with Crippen molar-refractivity contribution in [1.82, 2.24) is 14.7 Å². The van der Waals surface area contributed by atoms with Crippen LogP contribution in [0.2, 0.25) is 0 Å². The lowest BCUT2D eigenvalue weighted by atomic mass is 10.4.